The first-order valence-corrected chi connectivity index (χ1v) is 42.8. The zero-order valence-electron chi connectivity index (χ0n) is 62.9. The van der Waals surface area contributed by atoms with E-state index in [0.717, 1.165) is 116 Å². The Kier molecular flexibility index (Phi) is 67.5. The molecule has 0 rings (SSSR count). The molecule has 2 unspecified atom stereocenters. The molecule has 0 saturated heterocycles. The highest BCUT2D eigenvalue weighted by Gasteiger charge is 2.30. The van der Waals surface area contributed by atoms with Gasteiger partial charge in [-0.15, -0.1) is 0 Å². The van der Waals surface area contributed by atoms with Gasteiger partial charge < -0.3 is 33.8 Å². The normalized spacial score (nSPS) is 14.1. The largest absolute Gasteiger partial charge is 0.472 e. The van der Waals surface area contributed by atoms with Crippen molar-refractivity contribution in [1.29, 1.82) is 0 Å². The molecular weight excluding hydrogens is 1270 g/mol. The molecule has 5 atom stereocenters. The van der Waals surface area contributed by atoms with Gasteiger partial charge in [-0.05, 0) is 63.2 Å². The SMILES string of the molecule is CCCCCC/C=C\C=C/CCCCCCCC(=O)OC[C@H](COP(=O)(O)OC[C@@H](O)COP(=O)(O)OC[C@@H](COC(=O)CCCCCCCCCC(C)C)OC(=O)CCCCCCCCCCC(C)C)OC(=O)CCCCCCCCCCCCCCCCCCCCCCC. The van der Waals surface area contributed by atoms with Crippen molar-refractivity contribution in [3.05, 3.63) is 24.3 Å². The molecule has 0 fully saturated rings. The van der Waals surface area contributed by atoms with E-state index in [1.54, 1.807) is 0 Å². The number of unbranched alkanes of at least 4 members (excludes halogenated alkanes) is 42. The van der Waals surface area contributed by atoms with Crippen molar-refractivity contribution >= 4 is 39.5 Å². The fourth-order valence-electron chi connectivity index (χ4n) is 11.5. The summed E-state index contributed by atoms with van der Waals surface area (Å²) in [6.07, 6.45) is 60.8. The molecule has 0 aromatic heterocycles. The second kappa shape index (κ2) is 69.3. The number of carbonyl (C=O) groups excluding carboxylic acids is 4. The molecule has 19 heteroatoms. The van der Waals surface area contributed by atoms with Crippen molar-refractivity contribution in [3.8, 4) is 0 Å². The van der Waals surface area contributed by atoms with Gasteiger partial charge in [0.25, 0.3) is 0 Å². The van der Waals surface area contributed by atoms with Gasteiger partial charge in [-0.3, -0.25) is 37.3 Å². The molecule has 0 aromatic rings. The van der Waals surface area contributed by atoms with Crippen molar-refractivity contribution < 1.29 is 80.2 Å². The van der Waals surface area contributed by atoms with Crippen LogP contribution in [0.1, 0.15) is 382 Å². The summed E-state index contributed by atoms with van der Waals surface area (Å²) in [6.45, 7) is 9.43. The van der Waals surface area contributed by atoms with E-state index >= 15 is 0 Å². The molecule has 0 aliphatic rings. The summed E-state index contributed by atoms with van der Waals surface area (Å²) in [4.78, 5) is 72.8. The van der Waals surface area contributed by atoms with Gasteiger partial charge in [0, 0.05) is 25.7 Å². The number of rotatable bonds is 75. The number of hydrogen-bond donors (Lipinski definition) is 3. The number of esters is 4. The zero-order chi connectivity index (χ0) is 71.4. The van der Waals surface area contributed by atoms with E-state index < -0.39 is 97.5 Å². The average molecular weight is 1420 g/mol. The van der Waals surface area contributed by atoms with E-state index in [0.29, 0.717) is 37.5 Å². The average Bonchev–Trinajstić information content (AvgIpc) is 1.03. The number of ether oxygens (including phenoxy) is 4. The van der Waals surface area contributed by atoms with Crippen LogP contribution in [-0.4, -0.2) is 96.7 Å². The van der Waals surface area contributed by atoms with Gasteiger partial charge in [0.1, 0.15) is 19.3 Å². The molecule has 0 amide bonds. The molecule has 0 radical (unpaired) electrons. The molecule has 0 spiro atoms. The number of carbonyl (C=O) groups is 4. The lowest BCUT2D eigenvalue weighted by Crippen LogP contribution is -2.30. The molecule has 3 N–H and O–H groups in total. The second-order valence-corrected chi connectivity index (χ2v) is 31.3. The Hall–Kier alpha value is -2.46. The van der Waals surface area contributed by atoms with Crippen LogP contribution in [-0.2, 0) is 65.4 Å². The van der Waals surface area contributed by atoms with Crippen LogP contribution in [0.2, 0.25) is 0 Å². The molecule has 17 nitrogen and oxygen atoms in total. The number of phosphoric acid groups is 2. The fraction of sp³-hybridized carbons (Fsp3) is 0.897. The molecule has 0 heterocycles. The lowest BCUT2D eigenvalue weighted by molar-refractivity contribution is -0.161. The second-order valence-electron chi connectivity index (χ2n) is 28.4. The maximum atomic E-state index is 13.1. The minimum Gasteiger partial charge on any atom is -0.462 e. The van der Waals surface area contributed by atoms with Crippen LogP contribution in [0.4, 0.5) is 0 Å². The van der Waals surface area contributed by atoms with Crippen LogP contribution < -0.4 is 0 Å². The number of allylic oxidation sites excluding steroid dienone is 4. The van der Waals surface area contributed by atoms with Crippen molar-refractivity contribution in [2.24, 2.45) is 11.8 Å². The molecular formula is C78H148O17P2. The Morgan fingerprint density at radius 1 is 0.320 bits per heavy atom. The summed E-state index contributed by atoms with van der Waals surface area (Å²) in [5, 5.41) is 10.6. The quantitative estimate of drug-likeness (QED) is 0.0169. The summed E-state index contributed by atoms with van der Waals surface area (Å²) in [7, 11) is -9.92. The van der Waals surface area contributed by atoms with Crippen molar-refractivity contribution in [2.75, 3.05) is 39.6 Å². The molecule has 572 valence electrons. The van der Waals surface area contributed by atoms with Gasteiger partial charge in [-0.1, -0.05) is 329 Å². The number of aliphatic hydroxyl groups is 1. The first-order chi connectivity index (χ1) is 46.9. The number of hydrogen-bond acceptors (Lipinski definition) is 15. The third-order valence-electron chi connectivity index (χ3n) is 17.6. The summed E-state index contributed by atoms with van der Waals surface area (Å²) >= 11 is 0. The highest BCUT2D eigenvalue weighted by atomic mass is 31.2. The minimum atomic E-state index is -4.97. The maximum absolute atomic E-state index is 13.1. The van der Waals surface area contributed by atoms with Crippen LogP contribution in [0.5, 0.6) is 0 Å². The number of phosphoric ester groups is 2. The smallest absolute Gasteiger partial charge is 0.462 e. The molecule has 0 aliphatic heterocycles. The lowest BCUT2D eigenvalue weighted by atomic mass is 10.0. The highest BCUT2D eigenvalue weighted by Crippen LogP contribution is 2.45. The molecule has 0 aromatic carbocycles. The Morgan fingerprint density at radius 2 is 0.557 bits per heavy atom. The molecule has 0 saturated carbocycles. The predicted molar refractivity (Wildman–Crippen MR) is 395 cm³/mol. The third kappa shape index (κ3) is 71.7. The van der Waals surface area contributed by atoms with E-state index in [4.69, 9.17) is 37.0 Å². The molecule has 0 bridgehead atoms. The summed E-state index contributed by atoms with van der Waals surface area (Å²) in [5.74, 6) is -0.728. The van der Waals surface area contributed by atoms with Crippen LogP contribution in [0.25, 0.3) is 0 Å². The van der Waals surface area contributed by atoms with E-state index in [9.17, 15) is 43.2 Å². The van der Waals surface area contributed by atoms with E-state index in [2.05, 4.69) is 65.8 Å². The lowest BCUT2D eigenvalue weighted by Gasteiger charge is -2.21. The topological polar surface area (TPSA) is 237 Å². The standard InChI is InChI=1S/C78H148O17P2/c1-7-9-11-13-15-17-19-21-23-24-25-26-27-28-30-32-34-36-43-50-56-62-77(82)94-73(66-88-75(80)60-54-48-42-35-33-31-29-22-20-18-16-14-12-10-8-2)68-92-96(84,85)90-64-72(79)65-91-97(86,87)93-69-74(67-89-76(81)61-55-49-45-39-41-47-53-59-71(5)6)95-78(83)63-57-51-44-38-37-40-46-52-58-70(3)4/h18,20,22,29,70-74,79H,7-17,19,21,23-28,30-69H2,1-6H3,(H,84,85)(H,86,87)/b20-18-,29-22-/t72-,73-,74-/m1/s1. The fourth-order valence-corrected chi connectivity index (χ4v) is 13.0. The summed E-state index contributed by atoms with van der Waals surface area (Å²) in [5.41, 5.74) is 0. The van der Waals surface area contributed by atoms with Crippen LogP contribution in [0.15, 0.2) is 24.3 Å². The Balaban J connectivity index is 5.24. The highest BCUT2D eigenvalue weighted by molar-refractivity contribution is 7.47. The van der Waals surface area contributed by atoms with Crippen LogP contribution in [0.3, 0.4) is 0 Å². The van der Waals surface area contributed by atoms with Gasteiger partial charge >= 0.3 is 39.5 Å². The predicted octanol–water partition coefficient (Wildman–Crippen LogP) is 22.7. The monoisotopic (exact) mass is 1420 g/mol. The van der Waals surface area contributed by atoms with Gasteiger partial charge in [0.05, 0.1) is 26.4 Å². The van der Waals surface area contributed by atoms with Crippen LogP contribution >= 0.6 is 15.6 Å². The number of aliphatic hydroxyl groups excluding tert-OH is 1. The van der Waals surface area contributed by atoms with Crippen LogP contribution in [0, 0.1) is 11.8 Å². The Morgan fingerprint density at radius 3 is 0.845 bits per heavy atom. The first-order valence-electron chi connectivity index (χ1n) is 39.8. The zero-order valence-corrected chi connectivity index (χ0v) is 64.7. The summed E-state index contributed by atoms with van der Waals surface area (Å²) in [6, 6.07) is 0. The van der Waals surface area contributed by atoms with Gasteiger partial charge in [0.2, 0.25) is 0 Å². The van der Waals surface area contributed by atoms with E-state index in [1.807, 2.05) is 0 Å². The Labute approximate surface area is 592 Å². The molecule has 97 heavy (non-hydrogen) atoms. The van der Waals surface area contributed by atoms with Gasteiger partial charge in [-0.2, -0.15) is 0 Å². The van der Waals surface area contributed by atoms with Crippen molar-refractivity contribution in [2.45, 2.75) is 400 Å². The van der Waals surface area contributed by atoms with Gasteiger partial charge in [-0.25, -0.2) is 9.13 Å². The van der Waals surface area contributed by atoms with E-state index in [1.165, 1.54) is 173 Å². The minimum absolute atomic E-state index is 0.101. The van der Waals surface area contributed by atoms with E-state index in [-0.39, 0.29) is 25.7 Å². The van der Waals surface area contributed by atoms with Crippen molar-refractivity contribution in [1.82, 2.24) is 0 Å². The maximum Gasteiger partial charge on any atom is 0.472 e. The third-order valence-corrected chi connectivity index (χ3v) is 19.5. The Bertz CT molecular complexity index is 1970. The first kappa shape index (κ1) is 94.5. The molecule has 0 aliphatic carbocycles. The van der Waals surface area contributed by atoms with Gasteiger partial charge in [0.15, 0.2) is 12.2 Å². The van der Waals surface area contributed by atoms with Crippen molar-refractivity contribution in [3.63, 3.8) is 0 Å². The summed E-state index contributed by atoms with van der Waals surface area (Å²) < 4.78 is 68.5.